The van der Waals surface area contributed by atoms with Gasteiger partial charge in [0.15, 0.2) is 19.0 Å². The summed E-state index contributed by atoms with van der Waals surface area (Å²) in [5, 5.41) is 5.11. The summed E-state index contributed by atoms with van der Waals surface area (Å²) in [6, 6.07) is 10.2. The average molecular weight is 498 g/mol. The minimum Gasteiger partial charge on any atom is -0.485 e. The molecule has 1 aliphatic rings. The Labute approximate surface area is 205 Å². The van der Waals surface area contributed by atoms with Crippen molar-refractivity contribution >= 4 is 34.6 Å². The molecule has 0 unspecified atom stereocenters. The summed E-state index contributed by atoms with van der Waals surface area (Å²) in [6.07, 6.45) is 0.803. The van der Waals surface area contributed by atoms with Gasteiger partial charge in [-0.2, -0.15) is 0 Å². The van der Waals surface area contributed by atoms with Gasteiger partial charge < -0.3 is 14.8 Å². The number of carbonyl (C=O) groups is 3. The fourth-order valence-electron chi connectivity index (χ4n) is 3.33. The Balaban J connectivity index is 1.48. The summed E-state index contributed by atoms with van der Waals surface area (Å²) in [6.45, 7) is 3.65. The van der Waals surface area contributed by atoms with Crippen LogP contribution in [0.5, 0.6) is 11.5 Å². The number of ether oxygens (including phenoxy) is 2. The van der Waals surface area contributed by atoms with Gasteiger partial charge in [0, 0.05) is 17.0 Å². The van der Waals surface area contributed by atoms with E-state index in [1.54, 1.807) is 23.6 Å². The van der Waals surface area contributed by atoms with Crippen LogP contribution >= 0.6 is 11.3 Å². The molecule has 10 heteroatoms. The Bertz CT molecular complexity index is 1240. The third-order valence-electron chi connectivity index (χ3n) is 5.48. The third-order valence-corrected chi connectivity index (χ3v) is 6.31. The molecule has 0 saturated carbocycles. The highest BCUT2D eigenvalue weighted by Crippen LogP contribution is 2.34. The second kappa shape index (κ2) is 10.6. The van der Waals surface area contributed by atoms with Gasteiger partial charge in [-0.3, -0.25) is 19.3 Å². The molecule has 2 aromatic carbocycles. The first-order valence-electron chi connectivity index (χ1n) is 11.1. The Hall–Kier alpha value is -3.79. The number of ketones is 1. The Kier molecular flexibility index (Phi) is 7.40. The zero-order valence-electron chi connectivity index (χ0n) is 19.2. The molecular formula is C25H24FN3O5S. The molecule has 0 bridgehead atoms. The van der Waals surface area contributed by atoms with Gasteiger partial charge in [0.05, 0.1) is 12.2 Å². The van der Waals surface area contributed by atoms with Crippen LogP contribution in [0.1, 0.15) is 46.1 Å². The Morgan fingerprint density at radius 3 is 2.77 bits per heavy atom. The van der Waals surface area contributed by atoms with Gasteiger partial charge in [-0.25, -0.2) is 9.37 Å². The van der Waals surface area contributed by atoms with Crippen molar-refractivity contribution in [1.82, 2.24) is 10.3 Å². The zero-order valence-corrected chi connectivity index (χ0v) is 20.1. The van der Waals surface area contributed by atoms with E-state index >= 15 is 0 Å². The maximum absolute atomic E-state index is 13.1. The number of rotatable bonds is 9. The van der Waals surface area contributed by atoms with Crippen LogP contribution in [0, 0.1) is 5.82 Å². The first kappa shape index (κ1) is 24.3. The third kappa shape index (κ3) is 5.83. The number of thiazole rings is 1. The van der Waals surface area contributed by atoms with Crippen molar-refractivity contribution in [2.75, 3.05) is 18.1 Å². The lowest BCUT2D eigenvalue weighted by atomic mass is 10.1. The molecule has 0 radical (unpaired) electrons. The second-order valence-electron chi connectivity index (χ2n) is 8.03. The topological polar surface area (TPSA) is 97.8 Å². The molecule has 0 spiro atoms. The van der Waals surface area contributed by atoms with E-state index in [0.717, 1.165) is 6.42 Å². The van der Waals surface area contributed by atoms with Gasteiger partial charge in [0.2, 0.25) is 0 Å². The monoisotopic (exact) mass is 497 g/mol. The van der Waals surface area contributed by atoms with E-state index in [-0.39, 0.29) is 43.4 Å². The summed E-state index contributed by atoms with van der Waals surface area (Å²) in [5.41, 5.74) is 1.07. The van der Waals surface area contributed by atoms with E-state index < -0.39 is 5.82 Å². The number of carbonyl (C=O) groups excluding carboxylic acids is 3. The molecule has 3 aromatic rings. The van der Waals surface area contributed by atoms with Crippen LogP contribution in [-0.2, 0) is 11.3 Å². The highest BCUT2D eigenvalue weighted by Gasteiger charge is 2.28. The van der Waals surface area contributed by atoms with Crippen LogP contribution in [0.4, 0.5) is 10.1 Å². The van der Waals surface area contributed by atoms with Crippen LogP contribution in [0.2, 0.25) is 0 Å². The minimum atomic E-state index is -0.397. The predicted molar refractivity (Wildman–Crippen MR) is 129 cm³/mol. The Morgan fingerprint density at radius 2 is 2.03 bits per heavy atom. The molecule has 1 N–H and O–H groups in total. The van der Waals surface area contributed by atoms with Crippen LogP contribution in [0.15, 0.2) is 47.8 Å². The molecule has 4 rings (SSSR count). The molecule has 1 aliphatic heterocycles. The Morgan fingerprint density at radius 1 is 1.26 bits per heavy atom. The normalized spacial score (nSPS) is 13.6. The number of nitrogens with zero attached hydrogens (tertiary/aromatic N) is 2. The smallest absolute Gasteiger partial charge is 0.270 e. The molecule has 1 atom stereocenters. The van der Waals surface area contributed by atoms with Crippen molar-refractivity contribution in [3.05, 3.63) is 69.9 Å². The first-order chi connectivity index (χ1) is 16.8. The van der Waals surface area contributed by atoms with Crippen molar-refractivity contribution in [3.8, 4) is 11.5 Å². The summed E-state index contributed by atoms with van der Waals surface area (Å²) >= 11 is 1.28. The van der Waals surface area contributed by atoms with E-state index in [0.29, 0.717) is 33.5 Å². The number of hydrogen-bond donors (Lipinski definition) is 1. The number of aromatic nitrogens is 1. The lowest BCUT2D eigenvalue weighted by Crippen LogP contribution is -2.38. The van der Waals surface area contributed by atoms with Crippen molar-refractivity contribution in [1.29, 1.82) is 0 Å². The SMILES string of the molecule is CC[C@@H](C)NC(=O)c1csc(CN2C(=O)COc3ccc(C(=O)COc4ccc(F)cc4)cc32)n1. The summed E-state index contributed by atoms with van der Waals surface area (Å²) in [7, 11) is 0. The van der Waals surface area contributed by atoms with E-state index in [9.17, 15) is 18.8 Å². The van der Waals surface area contributed by atoms with Crippen molar-refractivity contribution in [3.63, 3.8) is 0 Å². The van der Waals surface area contributed by atoms with Crippen LogP contribution in [-0.4, -0.2) is 41.8 Å². The largest absolute Gasteiger partial charge is 0.485 e. The summed E-state index contributed by atoms with van der Waals surface area (Å²) in [4.78, 5) is 43.6. The molecule has 0 fully saturated rings. The molecule has 0 aliphatic carbocycles. The fraction of sp³-hybridized carbons (Fsp3) is 0.280. The highest BCUT2D eigenvalue weighted by atomic mass is 32.1. The van der Waals surface area contributed by atoms with Crippen LogP contribution in [0.3, 0.4) is 0 Å². The average Bonchev–Trinajstić information content (AvgIpc) is 3.33. The number of halogens is 1. The molecule has 8 nitrogen and oxygen atoms in total. The first-order valence-corrected chi connectivity index (χ1v) is 12.0. The molecule has 35 heavy (non-hydrogen) atoms. The minimum absolute atomic E-state index is 0.0309. The van der Waals surface area contributed by atoms with Gasteiger partial charge in [0.1, 0.15) is 28.0 Å². The van der Waals surface area contributed by atoms with Gasteiger partial charge >= 0.3 is 0 Å². The molecule has 2 amide bonds. The fourth-order valence-corrected chi connectivity index (χ4v) is 4.10. The van der Waals surface area contributed by atoms with Crippen LogP contribution in [0.25, 0.3) is 0 Å². The van der Waals surface area contributed by atoms with Crippen LogP contribution < -0.4 is 19.7 Å². The van der Waals surface area contributed by atoms with E-state index in [1.165, 1.54) is 40.5 Å². The summed E-state index contributed by atoms with van der Waals surface area (Å²) < 4.78 is 24.0. The molecule has 0 saturated heterocycles. The predicted octanol–water partition coefficient (Wildman–Crippen LogP) is 4.00. The van der Waals surface area contributed by atoms with Gasteiger partial charge in [-0.1, -0.05) is 6.92 Å². The van der Waals surface area contributed by atoms with Gasteiger partial charge in [-0.15, -0.1) is 11.3 Å². The van der Waals surface area contributed by atoms with Crippen molar-refractivity contribution in [2.24, 2.45) is 0 Å². The number of Topliss-reactive ketones (excluding diaryl/α,β-unsaturated/α-hetero) is 1. The lowest BCUT2D eigenvalue weighted by Gasteiger charge is -2.29. The number of hydrogen-bond acceptors (Lipinski definition) is 7. The number of amides is 2. The van der Waals surface area contributed by atoms with E-state index in [2.05, 4.69) is 10.3 Å². The van der Waals surface area contributed by atoms with Crippen molar-refractivity contribution < 1.29 is 28.2 Å². The maximum atomic E-state index is 13.1. The second-order valence-corrected chi connectivity index (χ2v) is 8.97. The maximum Gasteiger partial charge on any atom is 0.270 e. The number of nitrogens with one attached hydrogen (secondary N) is 1. The van der Waals surface area contributed by atoms with E-state index in [4.69, 9.17) is 9.47 Å². The molecule has 2 heterocycles. The van der Waals surface area contributed by atoms with Gasteiger partial charge in [-0.05, 0) is 55.8 Å². The summed E-state index contributed by atoms with van der Waals surface area (Å²) in [5.74, 6) is -0.420. The number of benzene rings is 2. The molecular weight excluding hydrogens is 473 g/mol. The highest BCUT2D eigenvalue weighted by molar-refractivity contribution is 7.09. The lowest BCUT2D eigenvalue weighted by molar-refractivity contribution is -0.121. The molecule has 1 aromatic heterocycles. The van der Waals surface area contributed by atoms with Gasteiger partial charge in [0.25, 0.3) is 11.8 Å². The number of anilines is 1. The zero-order chi connectivity index (χ0) is 24.9. The van der Waals surface area contributed by atoms with E-state index in [1.807, 2.05) is 13.8 Å². The standard InChI is InChI=1S/C25H24FN3O5S/c1-3-15(2)27-25(32)19-14-35-23(28-19)11-29-20-10-16(4-9-22(20)34-13-24(29)31)21(30)12-33-18-7-5-17(26)6-8-18/h4-10,14-15H,3,11-13H2,1-2H3,(H,27,32)/t15-/m1/s1. The van der Waals surface area contributed by atoms with Crippen molar-refractivity contribution in [2.45, 2.75) is 32.9 Å². The quantitative estimate of drug-likeness (QED) is 0.449. The molecule has 182 valence electrons. The number of fused-ring (bicyclic) bond motifs is 1.